The van der Waals surface area contributed by atoms with Crippen LogP contribution in [-0.2, 0) is 10.8 Å². The van der Waals surface area contributed by atoms with Crippen LogP contribution in [-0.4, -0.2) is 0 Å². The molecule has 1 atom stereocenters. The zero-order valence-corrected chi connectivity index (χ0v) is 11.9. The quantitative estimate of drug-likeness (QED) is 0.596. The molecule has 0 heteroatoms. The monoisotopic (exact) mass is 228 g/mol. The molecule has 0 fully saturated rings. The summed E-state index contributed by atoms with van der Waals surface area (Å²) in [5.74, 6) is 0.837. The van der Waals surface area contributed by atoms with Gasteiger partial charge in [-0.1, -0.05) is 45.4 Å². The third-order valence-electron chi connectivity index (χ3n) is 5.07. The van der Waals surface area contributed by atoms with Crippen LogP contribution in [0.15, 0.2) is 12.1 Å². The number of rotatable bonds is 0. The van der Waals surface area contributed by atoms with Crippen LogP contribution in [0.4, 0.5) is 0 Å². The highest BCUT2D eigenvalue weighted by Crippen LogP contribution is 2.55. The fourth-order valence-electron chi connectivity index (χ4n) is 4.10. The molecule has 17 heavy (non-hydrogen) atoms. The first-order valence-corrected chi connectivity index (χ1v) is 6.97. The van der Waals surface area contributed by atoms with Gasteiger partial charge in [-0.2, -0.15) is 0 Å². The normalized spacial score (nSPS) is 27.9. The number of hydrogen-bond acceptors (Lipinski definition) is 0. The summed E-state index contributed by atoms with van der Waals surface area (Å²) in [4.78, 5) is 0. The molecule has 0 aromatic heterocycles. The molecular weight excluding hydrogens is 204 g/mol. The van der Waals surface area contributed by atoms with Gasteiger partial charge in [0.1, 0.15) is 0 Å². The van der Waals surface area contributed by atoms with Crippen molar-refractivity contribution in [3.63, 3.8) is 0 Å². The average Bonchev–Trinajstić information content (AvgIpc) is 2.46. The molecule has 0 spiro atoms. The van der Waals surface area contributed by atoms with E-state index < -0.39 is 0 Å². The molecule has 0 N–H and O–H groups in total. The molecule has 2 aliphatic rings. The second kappa shape index (κ2) is 3.16. The van der Waals surface area contributed by atoms with E-state index in [0.29, 0.717) is 10.8 Å². The molecule has 0 nitrogen and oxygen atoms in total. The minimum absolute atomic E-state index is 0.382. The summed E-state index contributed by atoms with van der Waals surface area (Å²) in [5.41, 5.74) is 7.23. The fraction of sp³-hybridized carbons (Fsp3) is 0.647. The van der Waals surface area contributed by atoms with Gasteiger partial charge in [0.05, 0.1) is 0 Å². The molecule has 1 unspecified atom stereocenters. The van der Waals surface area contributed by atoms with Gasteiger partial charge >= 0.3 is 0 Å². The lowest BCUT2D eigenvalue weighted by Gasteiger charge is -2.36. The van der Waals surface area contributed by atoms with Crippen LogP contribution in [0.1, 0.15) is 75.1 Å². The summed E-state index contributed by atoms with van der Waals surface area (Å²) in [6, 6.07) is 4.90. The first kappa shape index (κ1) is 11.3. The van der Waals surface area contributed by atoms with Gasteiger partial charge < -0.3 is 0 Å². The van der Waals surface area contributed by atoms with Gasteiger partial charge in [0.15, 0.2) is 0 Å². The number of benzene rings is 1. The Balaban J connectivity index is 2.31. The molecule has 1 aromatic carbocycles. The van der Waals surface area contributed by atoms with Gasteiger partial charge in [0.2, 0.25) is 0 Å². The summed E-state index contributed by atoms with van der Waals surface area (Å²) in [6.07, 6.45) is 4.10. The maximum absolute atomic E-state index is 2.45. The molecule has 0 bridgehead atoms. The van der Waals surface area contributed by atoms with Crippen LogP contribution in [0.2, 0.25) is 0 Å². The van der Waals surface area contributed by atoms with Crippen molar-refractivity contribution < 1.29 is 0 Å². The van der Waals surface area contributed by atoms with Crippen molar-refractivity contribution in [2.75, 3.05) is 0 Å². The molecule has 2 aliphatic carbocycles. The standard InChI is InChI=1S/C17H24/c1-11-8-13-15-12(6-7-16(13,2)3)10-17(4,5)14(15)9-11/h8-9,12H,6-7,10H2,1-5H3. The maximum Gasteiger partial charge on any atom is -0.00947 e. The first-order valence-electron chi connectivity index (χ1n) is 6.97. The molecule has 92 valence electrons. The second-order valence-corrected chi connectivity index (χ2v) is 7.48. The van der Waals surface area contributed by atoms with E-state index in [1.165, 1.54) is 24.8 Å². The molecule has 0 saturated heterocycles. The molecule has 3 rings (SSSR count). The van der Waals surface area contributed by atoms with Crippen molar-refractivity contribution >= 4 is 0 Å². The van der Waals surface area contributed by atoms with E-state index in [1.54, 1.807) is 16.7 Å². The van der Waals surface area contributed by atoms with Crippen LogP contribution < -0.4 is 0 Å². The van der Waals surface area contributed by atoms with Crippen molar-refractivity contribution in [1.82, 2.24) is 0 Å². The van der Waals surface area contributed by atoms with Crippen molar-refractivity contribution in [2.24, 2.45) is 0 Å². The molecule has 0 aliphatic heterocycles. The smallest absolute Gasteiger partial charge is 0.00947 e. The van der Waals surface area contributed by atoms with Gasteiger partial charge in [-0.15, -0.1) is 0 Å². The van der Waals surface area contributed by atoms with Crippen molar-refractivity contribution in [3.05, 3.63) is 34.4 Å². The SMILES string of the molecule is Cc1cc2c3c(c1)C(C)(C)CC3CCC2(C)C. The summed E-state index contributed by atoms with van der Waals surface area (Å²) >= 11 is 0. The van der Waals surface area contributed by atoms with E-state index in [2.05, 4.69) is 46.8 Å². The highest BCUT2D eigenvalue weighted by atomic mass is 14.5. The summed E-state index contributed by atoms with van der Waals surface area (Å²) in [5, 5.41) is 0. The number of aryl methyl sites for hydroxylation is 1. The lowest BCUT2D eigenvalue weighted by molar-refractivity contribution is 0.373. The van der Waals surface area contributed by atoms with Gasteiger partial charge in [-0.05, 0) is 59.6 Å². The highest BCUT2D eigenvalue weighted by Gasteiger charge is 2.43. The van der Waals surface area contributed by atoms with Gasteiger partial charge in [0, 0.05) is 0 Å². The van der Waals surface area contributed by atoms with E-state index in [4.69, 9.17) is 0 Å². The van der Waals surface area contributed by atoms with E-state index in [-0.39, 0.29) is 0 Å². The third kappa shape index (κ3) is 1.49. The van der Waals surface area contributed by atoms with E-state index in [9.17, 15) is 0 Å². The number of hydrogen-bond donors (Lipinski definition) is 0. The Morgan fingerprint density at radius 3 is 2.24 bits per heavy atom. The van der Waals surface area contributed by atoms with Crippen molar-refractivity contribution in [1.29, 1.82) is 0 Å². The topological polar surface area (TPSA) is 0 Å². The van der Waals surface area contributed by atoms with Gasteiger partial charge in [-0.25, -0.2) is 0 Å². The second-order valence-electron chi connectivity index (χ2n) is 7.48. The lowest BCUT2D eigenvalue weighted by atomic mass is 9.69. The van der Waals surface area contributed by atoms with E-state index >= 15 is 0 Å². The fourth-order valence-corrected chi connectivity index (χ4v) is 4.10. The molecule has 0 radical (unpaired) electrons. The predicted octanol–water partition coefficient (Wildman–Crippen LogP) is 4.83. The first-order chi connectivity index (χ1) is 7.81. The van der Waals surface area contributed by atoms with Gasteiger partial charge in [-0.3, -0.25) is 0 Å². The van der Waals surface area contributed by atoms with E-state index in [0.717, 1.165) is 5.92 Å². The molecular formula is C17H24. The van der Waals surface area contributed by atoms with Crippen molar-refractivity contribution in [3.8, 4) is 0 Å². The maximum atomic E-state index is 2.45. The Bertz CT molecular complexity index is 477. The minimum Gasteiger partial charge on any atom is -0.0558 e. The zero-order chi connectivity index (χ0) is 12.4. The summed E-state index contributed by atoms with van der Waals surface area (Å²) in [7, 11) is 0. The van der Waals surface area contributed by atoms with Crippen LogP contribution in [0.3, 0.4) is 0 Å². The molecule has 0 saturated carbocycles. The Morgan fingerprint density at radius 2 is 1.59 bits per heavy atom. The van der Waals surface area contributed by atoms with Crippen molar-refractivity contribution in [2.45, 2.75) is 70.6 Å². The molecule has 1 aromatic rings. The summed E-state index contributed by atoms with van der Waals surface area (Å²) < 4.78 is 0. The Kier molecular flexibility index (Phi) is 2.10. The lowest BCUT2D eigenvalue weighted by Crippen LogP contribution is -2.25. The summed E-state index contributed by atoms with van der Waals surface area (Å²) in [6.45, 7) is 11.9. The third-order valence-corrected chi connectivity index (χ3v) is 5.07. The van der Waals surface area contributed by atoms with Crippen LogP contribution in [0.25, 0.3) is 0 Å². The largest absolute Gasteiger partial charge is 0.0558 e. The van der Waals surface area contributed by atoms with Crippen LogP contribution in [0.5, 0.6) is 0 Å². The van der Waals surface area contributed by atoms with Gasteiger partial charge in [0.25, 0.3) is 0 Å². The minimum atomic E-state index is 0.382. The van der Waals surface area contributed by atoms with E-state index in [1.807, 2.05) is 0 Å². The van der Waals surface area contributed by atoms with Crippen LogP contribution in [0, 0.1) is 6.92 Å². The Hall–Kier alpha value is -0.780. The molecule has 0 heterocycles. The Morgan fingerprint density at radius 1 is 1.00 bits per heavy atom. The zero-order valence-electron chi connectivity index (χ0n) is 11.9. The highest BCUT2D eigenvalue weighted by molar-refractivity contribution is 5.52. The van der Waals surface area contributed by atoms with Crippen LogP contribution >= 0.6 is 0 Å². The predicted molar refractivity (Wildman–Crippen MR) is 73.8 cm³/mol. The Labute approximate surface area is 105 Å². The average molecular weight is 228 g/mol. The molecule has 0 amide bonds.